The van der Waals surface area contributed by atoms with Crippen molar-refractivity contribution in [3.8, 4) is 0 Å². The van der Waals surface area contributed by atoms with Crippen LogP contribution in [0.1, 0.15) is 45.6 Å². The number of ether oxygens (including phenoxy) is 1. The molecule has 2 unspecified atom stereocenters. The van der Waals surface area contributed by atoms with Gasteiger partial charge in [0.25, 0.3) is 0 Å². The molecule has 1 saturated carbocycles. The van der Waals surface area contributed by atoms with Crippen molar-refractivity contribution in [1.82, 2.24) is 10.3 Å². The molecule has 1 aromatic carbocycles. The zero-order valence-corrected chi connectivity index (χ0v) is 15.5. The van der Waals surface area contributed by atoms with Crippen LogP contribution in [-0.2, 0) is 11.3 Å². The standard InChI is InChI=1S/C20H29N3O2/c1-20(2,3)25-19(24)22-21-18-16-10-7-11-17(18)14-23(13-16)12-15-8-5-4-6-9-15/h4-6,8-9,16-17H,7,10-14H2,1-3H3,(H,22,24). The van der Waals surface area contributed by atoms with Crippen LogP contribution in [-0.4, -0.2) is 35.4 Å². The summed E-state index contributed by atoms with van der Waals surface area (Å²) in [5.74, 6) is 0.872. The van der Waals surface area contributed by atoms with Gasteiger partial charge in [0.1, 0.15) is 5.60 Å². The molecule has 2 aliphatic rings. The van der Waals surface area contributed by atoms with Gasteiger partial charge in [-0.1, -0.05) is 36.8 Å². The van der Waals surface area contributed by atoms with Crippen LogP contribution in [0.5, 0.6) is 0 Å². The minimum absolute atomic E-state index is 0.436. The van der Waals surface area contributed by atoms with E-state index in [9.17, 15) is 4.79 Å². The molecule has 136 valence electrons. The van der Waals surface area contributed by atoms with Crippen molar-refractivity contribution in [3.05, 3.63) is 35.9 Å². The summed E-state index contributed by atoms with van der Waals surface area (Å²) >= 11 is 0. The van der Waals surface area contributed by atoms with E-state index in [-0.39, 0.29) is 0 Å². The third-order valence-corrected chi connectivity index (χ3v) is 4.82. The van der Waals surface area contributed by atoms with Crippen molar-refractivity contribution in [3.63, 3.8) is 0 Å². The fourth-order valence-corrected chi connectivity index (χ4v) is 3.87. The molecular weight excluding hydrogens is 314 g/mol. The van der Waals surface area contributed by atoms with Gasteiger partial charge in [0, 0.05) is 37.2 Å². The SMILES string of the molecule is CC(C)(C)OC(=O)NN=C1C2CCCC1CN(Cc1ccccc1)C2. The van der Waals surface area contributed by atoms with Crippen LogP contribution in [0.4, 0.5) is 4.79 Å². The average molecular weight is 343 g/mol. The second-order valence-electron chi connectivity index (χ2n) is 8.15. The molecule has 1 amide bonds. The topological polar surface area (TPSA) is 53.9 Å². The van der Waals surface area contributed by atoms with Crippen LogP contribution >= 0.6 is 0 Å². The minimum atomic E-state index is -0.501. The molecule has 1 aliphatic carbocycles. The number of hydrogen-bond donors (Lipinski definition) is 1. The maximum atomic E-state index is 11.9. The molecule has 1 aliphatic heterocycles. The number of rotatable bonds is 3. The first-order valence-corrected chi connectivity index (χ1v) is 9.23. The van der Waals surface area contributed by atoms with Crippen LogP contribution in [0, 0.1) is 11.8 Å². The molecule has 2 fully saturated rings. The highest BCUT2D eigenvalue weighted by Crippen LogP contribution is 2.33. The van der Waals surface area contributed by atoms with Gasteiger partial charge in [0.05, 0.1) is 0 Å². The number of hydrogen-bond acceptors (Lipinski definition) is 4. The van der Waals surface area contributed by atoms with E-state index < -0.39 is 11.7 Å². The molecule has 0 radical (unpaired) electrons. The lowest BCUT2D eigenvalue weighted by Crippen LogP contribution is -2.49. The van der Waals surface area contributed by atoms with Crippen LogP contribution in [0.3, 0.4) is 0 Å². The first-order chi connectivity index (χ1) is 11.9. The predicted octanol–water partition coefficient (Wildman–Crippen LogP) is 3.80. The summed E-state index contributed by atoms with van der Waals surface area (Å²) in [4.78, 5) is 14.4. The summed E-state index contributed by atoms with van der Waals surface area (Å²) in [5.41, 5.74) is 4.62. The van der Waals surface area contributed by atoms with Gasteiger partial charge in [-0.05, 0) is 39.2 Å². The number of nitrogens with one attached hydrogen (secondary N) is 1. The van der Waals surface area contributed by atoms with Crippen LogP contribution in [0.2, 0.25) is 0 Å². The normalized spacial score (nSPS) is 23.9. The number of likely N-dealkylation sites (tertiary alicyclic amines) is 1. The summed E-state index contributed by atoms with van der Waals surface area (Å²) in [6.45, 7) is 8.59. The molecule has 2 bridgehead atoms. The molecule has 25 heavy (non-hydrogen) atoms. The van der Waals surface area contributed by atoms with Crippen molar-refractivity contribution in [2.24, 2.45) is 16.9 Å². The fraction of sp³-hybridized carbons (Fsp3) is 0.600. The van der Waals surface area contributed by atoms with Gasteiger partial charge in [-0.2, -0.15) is 5.10 Å². The largest absolute Gasteiger partial charge is 0.443 e. The van der Waals surface area contributed by atoms with E-state index in [4.69, 9.17) is 4.74 Å². The highest BCUT2D eigenvalue weighted by molar-refractivity contribution is 5.91. The Labute approximate surface area is 150 Å². The Kier molecular flexibility index (Phi) is 5.42. The molecule has 1 saturated heterocycles. The number of amides is 1. The molecule has 1 N–H and O–H groups in total. The number of fused-ring (bicyclic) bond motifs is 2. The fourth-order valence-electron chi connectivity index (χ4n) is 3.87. The first kappa shape index (κ1) is 17.9. The van der Waals surface area contributed by atoms with Gasteiger partial charge < -0.3 is 4.74 Å². The highest BCUT2D eigenvalue weighted by atomic mass is 16.6. The van der Waals surface area contributed by atoms with Gasteiger partial charge in [-0.3, -0.25) is 4.90 Å². The van der Waals surface area contributed by atoms with Crippen LogP contribution < -0.4 is 5.43 Å². The lowest BCUT2D eigenvalue weighted by molar-refractivity contribution is 0.0527. The molecule has 5 heteroatoms. The number of benzene rings is 1. The Morgan fingerprint density at radius 1 is 1.20 bits per heavy atom. The molecule has 0 aromatic heterocycles. The Bertz CT molecular complexity index is 606. The minimum Gasteiger partial charge on any atom is -0.443 e. The summed E-state index contributed by atoms with van der Waals surface area (Å²) in [5, 5.41) is 4.46. The molecule has 0 spiro atoms. The molecule has 1 aromatic rings. The van der Waals surface area contributed by atoms with Gasteiger partial charge in [-0.25, -0.2) is 10.2 Å². The maximum Gasteiger partial charge on any atom is 0.428 e. The molecule has 1 heterocycles. The molecule has 2 atom stereocenters. The van der Waals surface area contributed by atoms with E-state index in [1.807, 2.05) is 20.8 Å². The monoisotopic (exact) mass is 343 g/mol. The molecule has 5 nitrogen and oxygen atoms in total. The van der Waals surface area contributed by atoms with E-state index in [0.717, 1.165) is 38.2 Å². The van der Waals surface area contributed by atoms with E-state index in [1.54, 1.807) is 0 Å². The van der Waals surface area contributed by atoms with Crippen molar-refractivity contribution in [1.29, 1.82) is 0 Å². The highest BCUT2D eigenvalue weighted by Gasteiger charge is 2.36. The van der Waals surface area contributed by atoms with E-state index >= 15 is 0 Å². The van der Waals surface area contributed by atoms with Crippen LogP contribution in [0.15, 0.2) is 35.4 Å². The Morgan fingerprint density at radius 3 is 2.44 bits per heavy atom. The number of carbonyl (C=O) groups is 1. The van der Waals surface area contributed by atoms with Gasteiger partial charge in [0.2, 0.25) is 0 Å². The third-order valence-electron chi connectivity index (χ3n) is 4.82. The third kappa shape index (κ3) is 5.05. The van der Waals surface area contributed by atoms with E-state index in [0.29, 0.717) is 11.8 Å². The predicted molar refractivity (Wildman–Crippen MR) is 99.4 cm³/mol. The Balaban J connectivity index is 1.62. The van der Waals surface area contributed by atoms with Gasteiger partial charge in [-0.15, -0.1) is 0 Å². The van der Waals surface area contributed by atoms with Gasteiger partial charge in [0.15, 0.2) is 0 Å². The second-order valence-corrected chi connectivity index (χ2v) is 8.15. The van der Waals surface area contributed by atoms with Crippen molar-refractivity contribution in [2.45, 2.75) is 52.2 Å². The summed E-state index contributed by atoms with van der Waals surface area (Å²) in [6.07, 6.45) is 3.08. The molecule has 3 rings (SSSR count). The zero-order chi connectivity index (χ0) is 17.9. The summed E-state index contributed by atoms with van der Waals surface area (Å²) in [6, 6.07) is 10.6. The second kappa shape index (κ2) is 7.56. The Morgan fingerprint density at radius 2 is 1.84 bits per heavy atom. The number of carbonyl (C=O) groups excluding carboxylic acids is 1. The van der Waals surface area contributed by atoms with Gasteiger partial charge >= 0.3 is 6.09 Å². The first-order valence-electron chi connectivity index (χ1n) is 9.23. The number of hydrazone groups is 1. The number of piperidine rings is 1. The van der Waals surface area contributed by atoms with E-state index in [1.165, 1.54) is 12.0 Å². The van der Waals surface area contributed by atoms with Crippen molar-refractivity contribution in [2.75, 3.05) is 13.1 Å². The lowest BCUT2D eigenvalue weighted by Gasteiger charge is -2.42. The van der Waals surface area contributed by atoms with Crippen molar-refractivity contribution >= 4 is 11.8 Å². The maximum absolute atomic E-state index is 11.9. The lowest BCUT2D eigenvalue weighted by atomic mass is 9.76. The number of nitrogens with zero attached hydrogens (tertiary/aromatic N) is 2. The summed E-state index contributed by atoms with van der Waals surface area (Å²) in [7, 11) is 0. The summed E-state index contributed by atoms with van der Waals surface area (Å²) < 4.78 is 5.28. The smallest absolute Gasteiger partial charge is 0.428 e. The van der Waals surface area contributed by atoms with Crippen LogP contribution in [0.25, 0.3) is 0 Å². The van der Waals surface area contributed by atoms with E-state index in [2.05, 4.69) is 45.8 Å². The zero-order valence-electron chi connectivity index (χ0n) is 15.5. The average Bonchev–Trinajstić information content (AvgIpc) is 2.52. The quantitative estimate of drug-likeness (QED) is 0.849. The Hall–Kier alpha value is -1.88. The van der Waals surface area contributed by atoms with Crippen molar-refractivity contribution < 1.29 is 9.53 Å². The molecular formula is C20H29N3O2.